The molecular weight excluding hydrogens is 231 g/mol. The average molecular weight is 241 g/mol. The van der Waals surface area contributed by atoms with Crippen molar-refractivity contribution in [3.63, 3.8) is 0 Å². The number of hydrogen-bond donors (Lipinski definition) is 1. The summed E-state index contributed by atoms with van der Waals surface area (Å²) in [4.78, 5) is 0. The van der Waals surface area contributed by atoms with E-state index in [9.17, 15) is 21.6 Å². The van der Waals surface area contributed by atoms with E-state index in [2.05, 4.69) is 5.14 Å². The Labute approximate surface area is 85.5 Å². The summed E-state index contributed by atoms with van der Waals surface area (Å²) in [5.74, 6) is 0. The fraction of sp³-hybridized carbons (Fsp3) is 0.500. The second-order valence-corrected chi connectivity index (χ2v) is 5.24. The van der Waals surface area contributed by atoms with Crippen molar-refractivity contribution in [3.8, 4) is 0 Å². The summed E-state index contributed by atoms with van der Waals surface area (Å²) in [6.45, 7) is 1.58. The fourth-order valence-corrected chi connectivity index (χ4v) is 2.19. The zero-order chi connectivity index (χ0) is 11.9. The molecule has 0 aromatic carbocycles. The van der Waals surface area contributed by atoms with Crippen molar-refractivity contribution in [2.75, 3.05) is 0 Å². The molecule has 1 unspecified atom stereocenters. The maximum atomic E-state index is 12.7. The van der Waals surface area contributed by atoms with Gasteiger partial charge in [0.2, 0.25) is 14.8 Å². The third kappa shape index (κ3) is 1.93. The van der Waals surface area contributed by atoms with Gasteiger partial charge in [0.25, 0.3) is 0 Å². The molecule has 1 aliphatic rings. The molecule has 0 saturated heterocycles. The lowest BCUT2D eigenvalue weighted by Crippen LogP contribution is -2.53. The van der Waals surface area contributed by atoms with Crippen molar-refractivity contribution in [1.29, 1.82) is 0 Å². The van der Waals surface area contributed by atoms with Gasteiger partial charge in [-0.3, -0.25) is 0 Å². The molecule has 3 nitrogen and oxygen atoms in total. The molecule has 0 radical (unpaired) electrons. The van der Waals surface area contributed by atoms with Gasteiger partial charge in [0.15, 0.2) is 0 Å². The number of sulfonamides is 1. The zero-order valence-corrected chi connectivity index (χ0v) is 8.69. The van der Waals surface area contributed by atoms with Crippen molar-refractivity contribution in [1.82, 2.24) is 0 Å². The van der Waals surface area contributed by atoms with Gasteiger partial charge in [0.1, 0.15) is 0 Å². The number of allylic oxidation sites excluding steroid dienone is 3. The molecule has 1 aliphatic carbocycles. The second-order valence-electron chi connectivity index (χ2n) is 3.42. The van der Waals surface area contributed by atoms with Gasteiger partial charge >= 0.3 is 6.18 Å². The van der Waals surface area contributed by atoms with Crippen LogP contribution in [-0.2, 0) is 10.0 Å². The van der Waals surface area contributed by atoms with Gasteiger partial charge in [0.05, 0.1) is 0 Å². The van der Waals surface area contributed by atoms with Crippen LogP contribution in [0.25, 0.3) is 0 Å². The summed E-state index contributed by atoms with van der Waals surface area (Å²) in [7, 11) is -4.73. The smallest absolute Gasteiger partial charge is 0.228 e. The largest absolute Gasteiger partial charge is 0.413 e. The van der Waals surface area contributed by atoms with Crippen LogP contribution < -0.4 is 5.14 Å². The molecule has 0 aromatic heterocycles. The molecule has 1 atom stereocenters. The van der Waals surface area contributed by atoms with E-state index in [1.807, 2.05) is 0 Å². The molecule has 15 heavy (non-hydrogen) atoms. The van der Waals surface area contributed by atoms with Crippen LogP contribution in [0.4, 0.5) is 13.2 Å². The van der Waals surface area contributed by atoms with E-state index in [1.54, 1.807) is 6.92 Å². The maximum Gasteiger partial charge on any atom is 0.413 e. The van der Waals surface area contributed by atoms with Crippen LogP contribution in [0, 0.1) is 0 Å². The van der Waals surface area contributed by atoms with Gasteiger partial charge in [-0.15, -0.1) is 0 Å². The first-order chi connectivity index (χ1) is 6.60. The highest BCUT2D eigenvalue weighted by Crippen LogP contribution is 2.42. The highest BCUT2D eigenvalue weighted by Gasteiger charge is 2.60. The topological polar surface area (TPSA) is 60.2 Å². The lowest BCUT2D eigenvalue weighted by molar-refractivity contribution is -0.149. The number of alkyl halides is 3. The van der Waals surface area contributed by atoms with Crippen LogP contribution in [0.3, 0.4) is 0 Å². The van der Waals surface area contributed by atoms with Gasteiger partial charge in [-0.25, -0.2) is 13.6 Å². The Morgan fingerprint density at radius 2 is 2.00 bits per heavy atom. The van der Waals surface area contributed by atoms with E-state index in [4.69, 9.17) is 0 Å². The Balaban J connectivity index is 3.32. The van der Waals surface area contributed by atoms with Gasteiger partial charge in [-0.2, -0.15) is 13.2 Å². The van der Waals surface area contributed by atoms with Gasteiger partial charge in [-0.05, 0) is 13.3 Å². The molecular formula is C8H10F3NO2S. The van der Waals surface area contributed by atoms with E-state index >= 15 is 0 Å². The molecule has 86 valence electrons. The Hall–Kier alpha value is -0.820. The lowest BCUT2D eigenvalue weighted by Gasteiger charge is -2.31. The predicted octanol–water partition coefficient (Wildman–Crippen LogP) is 1.48. The van der Waals surface area contributed by atoms with Crippen molar-refractivity contribution in [3.05, 3.63) is 23.8 Å². The number of rotatable bonds is 1. The highest BCUT2D eigenvalue weighted by molar-refractivity contribution is 7.90. The molecule has 0 aromatic rings. The first-order valence-corrected chi connectivity index (χ1v) is 5.60. The molecule has 0 aliphatic heterocycles. The lowest BCUT2D eigenvalue weighted by atomic mass is 9.96. The summed E-state index contributed by atoms with van der Waals surface area (Å²) < 4.78 is 57.1. The van der Waals surface area contributed by atoms with Crippen molar-refractivity contribution < 1.29 is 21.6 Å². The summed E-state index contributed by atoms with van der Waals surface area (Å²) in [6.07, 6.45) is -2.65. The SMILES string of the molecule is CC1=CCC(C(F)(F)F)(S(N)(=O)=O)C=C1. The third-order valence-corrected chi connectivity index (χ3v) is 3.88. The zero-order valence-electron chi connectivity index (χ0n) is 7.88. The maximum absolute atomic E-state index is 12.7. The quantitative estimate of drug-likeness (QED) is 0.756. The number of halogens is 3. The Bertz CT molecular complexity index is 422. The highest BCUT2D eigenvalue weighted by atomic mass is 32.2. The molecule has 0 spiro atoms. The summed E-state index contributed by atoms with van der Waals surface area (Å²) in [5.41, 5.74) is 0.582. The second kappa shape index (κ2) is 3.34. The first kappa shape index (κ1) is 12.3. The monoisotopic (exact) mass is 241 g/mol. The van der Waals surface area contributed by atoms with E-state index < -0.39 is 27.4 Å². The van der Waals surface area contributed by atoms with Crippen LogP contribution in [0.2, 0.25) is 0 Å². The minimum absolute atomic E-state index is 0.582. The standard InChI is InChI=1S/C8H10F3NO2S/c1-6-2-4-7(5-3-6,8(9,10)11)15(12,13)14/h2-4H,5H2,1H3,(H2,12,13,14). The van der Waals surface area contributed by atoms with E-state index in [1.165, 1.54) is 6.08 Å². The molecule has 2 N–H and O–H groups in total. The molecule has 0 saturated carbocycles. The normalized spacial score (nSPS) is 27.7. The van der Waals surface area contributed by atoms with Crippen LogP contribution in [-0.4, -0.2) is 19.3 Å². The van der Waals surface area contributed by atoms with Crippen LogP contribution in [0.15, 0.2) is 23.8 Å². The summed E-state index contributed by atoms with van der Waals surface area (Å²) >= 11 is 0. The summed E-state index contributed by atoms with van der Waals surface area (Å²) in [5, 5.41) is 4.65. The molecule has 1 rings (SSSR count). The molecule has 0 fully saturated rings. The third-order valence-electron chi connectivity index (χ3n) is 2.33. The van der Waals surface area contributed by atoms with Crippen LogP contribution >= 0.6 is 0 Å². The Kier molecular flexibility index (Phi) is 2.73. The molecule has 0 amide bonds. The van der Waals surface area contributed by atoms with Crippen molar-refractivity contribution in [2.45, 2.75) is 24.3 Å². The Morgan fingerprint density at radius 3 is 2.27 bits per heavy atom. The number of primary sulfonamides is 1. The summed E-state index contributed by atoms with van der Waals surface area (Å²) in [6, 6.07) is 0. The minimum atomic E-state index is -4.91. The van der Waals surface area contributed by atoms with Crippen molar-refractivity contribution in [2.24, 2.45) is 5.14 Å². The van der Waals surface area contributed by atoms with E-state index in [-0.39, 0.29) is 0 Å². The Morgan fingerprint density at radius 1 is 1.47 bits per heavy atom. The van der Waals surface area contributed by atoms with E-state index in [0.717, 1.165) is 6.08 Å². The average Bonchev–Trinajstić information content (AvgIpc) is 2.00. The van der Waals surface area contributed by atoms with Crippen LogP contribution in [0.5, 0.6) is 0 Å². The predicted molar refractivity (Wildman–Crippen MR) is 49.4 cm³/mol. The van der Waals surface area contributed by atoms with E-state index in [0.29, 0.717) is 11.6 Å². The van der Waals surface area contributed by atoms with Crippen LogP contribution in [0.1, 0.15) is 13.3 Å². The van der Waals surface area contributed by atoms with Gasteiger partial charge in [0, 0.05) is 0 Å². The minimum Gasteiger partial charge on any atom is -0.228 e. The number of hydrogen-bond acceptors (Lipinski definition) is 2. The molecule has 0 heterocycles. The number of nitrogens with two attached hydrogens (primary N) is 1. The van der Waals surface area contributed by atoms with Crippen molar-refractivity contribution >= 4 is 10.0 Å². The fourth-order valence-electron chi connectivity index (χ4n) is 1.30. The first-order valence-electron chi connectivity index (χ1n) is 4.05. The molecule has 0 bridgehead atoms. The van der Waals surface area contributed by atoms with Gasteiger partial charge in [-0.1, -0.05) is 23.8 Å². The van der Waals surface area contributed by atoms with Gasteiger partial charge < -0.3 is 0 Å². The molecule has 7 heteroatoms.